The van der Waals surface area contributed by atoms with Gasteiger partial charge in [0, 0.05) is 20.0 Å². The van der Waals surface area contributed by atoms with Crippen molar-refractivity contribution in [2.45, 2.75) is 245 Å². The van der Waals surface area contributed by atoms with Crippen LogP contribution in [0.5, 0.6) is 0 Å². The number of esters is 2. The van der Waals surface area contributed by atoms with Crippen molar-refractivity contribution >= 4 is 19.8 Å². The molecule has 310 valence electrons. The molecule has 52 heavy (non-hydrogen) atoms. The van der Waals surface area contributed by atoms with E-state index in [4.69, 9.17) is 14.0 Å². The summed E-state index contributed by atoms with van der Waals surface area (Å²) in [5.41, 5.74) is 0. The van der Waals surface area contributed by atoms with Crippen LogP contribution in [0.1, 0.15) is 239 Å². The van der Waals surface area contributed by atoms with E-state index in [1.165, 1.54) is 173 Å². The molecule has 0 aliphatic heterocycles. The molecule has 0 saturated heterocycles. The molecule has 1 N–H and O–H groups in total. The Morgan fingerprint density at radius 2 is 0.750 bits per heavy atom. The van der Waals surface area contributed by atoms with Crippen LogP contribution in [0.25, 0.3) is 0 Å². The fraction of sp³-hybridized carbons (Fsp3) is 0.953. The molecule has 9 heteroatoms. The molecule has 0 aliphatic carbocycles. The highest BCUT2D eigenvalue weighted by atomic mass is 31.2. The lowest BCUT2D eigenvalue weighted by atomic mass is 10.0. The fourth-order valence-corrected chi connectivity index (χ4v) is 7.12. The maximum Gasteiger partial charge on any atom is 0.472 e. The van der Waals surface area contributed by atoms with Gasteiger partial charge in [-0.25, -0.2) is 4.57 Å². The van der Waals surface area contributed by atoms with Crippen molar-refractivity contribution in [3.8, 4) is 0 Å². The molecule has 0 aromatic heterocycles. The Morgan fingerprint density at radius 3 is 1.06 bits per heavy atom. The number of ether oxygens (including phenoxy) is 2. The van der Waals surface area contributed by atoms with Crippen molar-refractivity contribution in [2.75, 3.05) is 20.3 Å². The van der Waals surface area contributed by atoms with E-state index in [1.54, 1.807) is 0 Å². The van der Waals surface area contributed by atoms with Crippen LogP contribution in [0.3, 0.4) is 0 Å². The third kappa shape index (κ3) is 38.8. The Labute approximate surface area is 321 Å². The monoisotopic (exact) mass is 761 g/mol. The standard InChI is InChI=1S/C43H85O8P/c1-4-6-8-10-12-14-16-18-20-21-22-23-24-26-28-30-32-34-36-38-43(45)51-41(40-50-52(46,47)48-3)39-49-42(44)37-35-33-31-29-27-25-19-17-15-13-11-9-7-5-2/h41H,4-40H2,1-3H3,(H,46,47). The van der Waals surface area contributed by atoms with Gasteiger partial charge in [0.15, 0.2) is 6.10 Å². The molecule has 2 unspecified atom stereocenters. The van der Waals surface area contributed by atoms with Crippen molar-refractivity contribution in [3.63, 3.8) is 0 Å². The average Bonchev–Trinajstić information content (AvgIpc) is 3.13. The number of phosphoric ester groups is 1. The number of unbranched alkanes of at least 4 members (excludes halogenated alkanes) is 31. The zero-order valence-corrected chi connectivity index (χ0v) is 35.4. The van der Waals surface area contributed by atoms with Crippen LogP contribution in [0.15, 0.2) is 0 Å². The Hall–Kier alpha value is -0.950. The molecular weight excluding hydrogens is 675 g/mol. The molecule has 0 radical (unpaired) electrons. The fourth-order valence-electron chi connectivity index (χ4n) is 6.66. The van der Waals surface area contributed by atoms with Gasteiger partial charge in [-0.2, -0.15) is 0 Å². The molecule has 0 aromatic rings. The third-order valence-electron chi connectivity index (χ3n) is 10.1. The summed E-state index contributed by atoms with van der Waals surface area (Å²) < 4.78 is 32.0. The Morgan fingerprint density at radius 1 is 0.462 bits per heavy atom. The molecule has 0 rings (SSSR count). The number of phosphoric acid groups is 1. The van der Waals surface area contributed by atoms with Crippen molar-refractivity contribution in [2.24, 2.45) is 0 Å². The van der Waals surface area contributed by atoms with Crippen molar-refractivity contribution in [1.82, 2.24) is 0 Å². The second-order valence-corrected chi connectivity index (χ2v) is 16.8. The summed E-state index contributed by atoms with van der Waals surface area (Å²) in [6.45, 7) is 3.92. The zero-order chi connectivity index (χ0) is 38.2. The first-order chi connectivity index (χ1) is 25.3. The summed E-state index contributed by atoms with van der Waals surface area (Å²) in [5, 5.41) is 0. The maximum atomic E-state index is 12.5. The SMILES string of the molecule is CCCCCCCCCCCCCCCCCCCCCC(=O)OC(COC(=O)CCCCCCCCCCCCCCCC)COP(=O)(O)OC. The molecule has 0 aliphatic rings. The second kappa shape index (κ2) is 39.7. The summed E-state index contributed by atoms with van der Waals surface area (Å²) in [6, 6.07) is 0. The summed E-state index contributed by atoms with van der Waals surface area (Å²) in [5.74, 6) is -0.786. The molecule has 0 heterocycles. The van der Waals surface area contributed by atoms with Crippen LogP contribution in [-0.4, -0.2) is 43.3 Å². The Balaban J connectivity index is 3.91. The minimum Gasteiger partial charge on any atom is -0.462 e. The van der Waals surface area contributed by atoms with Crippen molar-refractivity contribution in [3.05, 3.63) is 0 Å². The Kier molecular flexibility index (Phi) is 39.0. The maximum absolute atomic E-state index is 12.5. The summed E-state index contributed by atoms with van der Waals surface area (Å²) in [4.78, 5) is 34.5. The normalized spacial score (nSPS) is 13.2. The first-order valence-electron chi connectivity index (χ1n) is 22.2. The van der Waals surface area contributed by atoms with Gasteiger partial charge in [-0.1, -0.05) is 213 Å². The number of hydrogen-bond acceptors (Lipinski definition) is 7. The zero-order valence-electron chi connectivity index (χ0n) is 34.5. The number of carbonyl (C=O) groups excluding carboxylic acids is 2. The predicted octanol–water partition coefficient (Wildman–Crippen LogP) is 13.9. The van der Waals surface area contributed by atoms with Crippen LogP contribution in [0.2, 0.25) is 0 Å². The van der Waals surface area contributed by atoms with E-state index in [2.05, 4.69) is 18.4 Å². The topological polar surface area (TPSA) is 108 Å². The van der Waals surface area contributed by atoms with E-state index in [-0.39, 0.29) is 19.0 Å². The predicted molar refractivity (Wildman–Crippen MR) is 217 cm³/mol. The molecule has 0 aromatic carbocycles. The molecule has 0 amide bonds. The smallest absolute Gasteiger partial charge is 0.462 e. The lowest BCUT2D eigenvalue weighted by Crippen LogP contribution is -2.29. The van der Waals surface area contributed by atoms with Crippen LogP contribution in [0, 0.1) is 0 Å². The van der Waals surface area contributed by atoms with Crippen LogP contribution in [-0.2, 0) is 32.7 Å². The molecular formula is C43H85O8P. The molecule has 0 fully saturated rings. The van der Waals surface area contributed by atoms with E-state index in [0.717, 1.165) is 45.6 Å². The van der Waals surface area contributed by atoms with Crippen LogP contribution in [0.4, 0.5) is 0 Å². The first kappa shape index (κ1) is 51.0. The molecule has 0 bridgehead atoms. The van der Waals surface area contributed by atoms with Gasteiger partial charge in [-0.3, -0.25) is 18.6 Å². The summed E-state index contributed by atoms with van der Waals surface area (Å²) >= 11 is 0. The average molecular weight is 761 g/mol. The highest BCUT2D eigenvalue weighted by molar-refractivity contribution is 7.47. The molecule has 2 atom stereocenters. The first-order valence-corrected chi connectivity index (χ1v) is 23.7. The van der Waals surface area contributed by atoms with Gasteiger partial charge in [0.2, 0.25) is 0 Å². The summed E-state index contributed by atoms with van der Waals surface area (Å²) in [6.07, 6.45) is 41.5. The number of hydrogen-bond donors (Lipinski definition) is 1. The van der Waals surface area contributed by atoms with Gasteiger partial charge in [0.25, 0.3) is 0 Å². The largest absolute Gasteiger partial charge is 0.472 e. The van der Waals surface area contributed by atoms with E-state index in [0.29, 0.717) is 6.42 Å². The van der Waals surface area contributed by atoms with Gasteiger partial charge in [0.1, 0.15) is 6.61 Å². The van der Waals surface area contributed by atoms with Crippen LogP contribution < -0.4 is 0 Å². The van der Waals surface area contributed by atoms with E-state index in [1.807, 2.05) is 0 Å². The second-order valence-electron chi connectivity index (χ2n) is 15.2. The number of carbonyl (C=O) groups is 2. The van der Waals surface area contributed by atoms with Gasteiger partial charge in [-0.15, -0.1) is 0 Å². The third-order valence-corrected chi connectivity index (χ3v) is 11.0. The Bertz CT molecular complexity index is 823. The quantitative estimate of drug-likeness (QED) is 0.0372. The van der Waals surface area contributed by atoms with Gasteiger partial charge in [0.05, 0.1) is 6.61 Å². The minimum absolute atomic E-state index is 0.216. The lowest BCUT2D eigenvalue weighted by molar-refractivity contribution is -0.161. The highest BCUT2D eigenvalue weighted by Crippen LogP contribution is 2.42. The highest BCUT2D eigenvalue weighted by Gasteiger charge is 2.24. The van der Waals surface area contributed by atoms with Gasteiger partial charge >= 0.3 is 19.8 Å². The lowest BCUT2D eigenvalue weighted by Gasteiger charge is -2.19. The van der Waals surface area contributed by atoms with Gasteiger partial charge < -0.3 is 14.4 Å². The van der Waals surface area contributed by atoms with Crippen molar-refractivity contribution < 1.29 is 37.6 Å². The summed E-state index contributed by atoms with van der Waals surface area (Å²) in [7, 11) is -3.19. The molecule has 8 nitrogen and oxygen atoms in total. The molecule has 0 saturated carbocycles. The minimum atomic E-state index is -4.25. The van der Waals surface area contributed by atoms with Crippen molar-refractivity contribution in [1.29, 1.82) is 0 Å². The number of rotatable bonds is 42. The molecule has 0 spiro atoms. The van der Waals surface area contributed by atoms with E-state index < -0.39 is 26.5 Å². The van der Waals surface area contributed by atoms with E-state index >= 15 is 0 Å². The van der Waals surface area contributed by atoms with Gasteiger partial charge in [-0.05, 0) is 12.8 Å². The van der Waals surface area contributed by atoms with E-state index in [9.17, 15) is 19.0 Å². The van der Waals surface area contributed by atoms with Crippen LogP contribution >= 0.6 is 7.82 Å².